The van der Waals surface area contributed by atoms with Crippen molar-refractivity contribution in [3.63, 3.8) is 0 Å². The topological polar surface area (TPSA) is 74.9 Å². The highest BCUT2D eigenvalue weighted by molar-refractivity contribution is 5.55. The lowest BCUT2D eigenvalue weighted by molar-refractivity contribution is 0.122. The first-order valence-corrected chi connectivity index (χ1v) is 6.40. The van der Waals surface area contributed by atoms with E-state index in [1.807, 2.05) is 18.2 Å². The molecule has 1 fully saturated rings. The summed E-state index contributed by atoms with van der Waals surface area (Å²) in [6.45, 7) is 2.88. The number of ether oxygens (including phenoxy) is 1. The van der Waals surface area contributed by atoms with Crippen LogP contribution in [0.1, 0.15) is 5.69 Å². The van der Waals surface area contributed by atoms with Gasteiger partial charge in [-0.2, -0.15) is 5.26 Å². The van der Waals surface area contributed by atoms with Crippen molar-refractivity contribution in [3.8, 4) is 17.6 Å². The van der Waals surface area contributed by atoms with Crippen molar-refractivity contribution in [1.29, 1.82) is 5.26 Å². The van der Waals surface area contributed by atoms with E-state index in [0.717, 1.165) is 18.9 Å². The minimum absolute atomic E-state index is 0.349. The standard InChI is InChI=1S/C14H13N5O/c15-10-11-9-13(19-5-7-20-8-6-19)18-14(17-11)12-3-1-2-4-16-12/h1-4,9H,5-8H2. The number of morpholine rings is 1. The molecule has 6 heteroatoms. The van der Waals surface area contributed by atoms with Gasteiger partial charge in [0.2, 0.25) is 0 Å². The number of nitriles is 1. The van der Waals surface area contributed by atoms with Gasteiger partial charge >= 0.3 is 0 Å². The van der Waals surface area contributed by atoms with E-state index >= 15 is 0 Å². The number of nitrogens with zero attached hydrogens (tertiary/aromatic N) is 5. The van der Waals surface area contributed by atoms with Crippen molar-refractivity contribution in [1.82, 2.24) is 15.0 Å². The molecule has 1 aliphatic rings. The van der Waals surface area contributed by atoms with Gasteiger partial charge in [-0.25, -0.2) is 9.97 Å². The fourth-order valence-corrected chi connectivity index (χ4v) is 2.06. The van der Waals surface area contributed by atoms with E-state index < -0.39 is 0 Å². The Hall–Kier alpha value is -2.52. The molecule has 0 bridgehead atoms. The van der Waals surface area contributed by atoms with E-state index in [4.69, 9.17) is 10.00 Å². The Kier molecular flexibility index (Phi) is 3.52. The van der Waals surface area contributed by atoms with Crippen LogP contribution < -0.4 is 4.90 Å². The molecular weight excluding hydrogens is 254 g/mol. The lowest BCUT2D eigenvalue weighted by Gasteiger charge is -2.27. The molecule has 2 aromatic rings. The zero-order chi connectivity index (χ0) is 13.8. The molecule has 0 spiro atoms. The minimum atomic E-state index is 0.349. The van der Waals surface area contributed by atoms with E-state index in [0.29, 0.717) is 30.4 Å². The Morgan fingerprint density at radius 1 is 1.20 bits per heavy atom. The predicted octanol–water partition coefficient (Wildman–Crippen LogP) is 1.25. The van der Waals surface area contributed by atoms with Crippen molar-refractivity contribution >= 4 is 5.82 Å². The third-order valence-corrected chi connectivity index (χ3v) is 3.06. The quantitative estimate of drug-likeness (QED) is 0.815. The molecule has 0 saturated carbocycles. The highest BCUT2D eigenvalue weighted by Crippen LogP contribution is 2.19. The Bertz CT molecular complexity index is 632. The van der Waals surface area contributed by atoms with Crippen LogP contribution in [-0.4, -0.2) is 41.3 Å². The Labute approximate surface area is 116 Å². The molecule has 100 valence electrons. The first kappa shape index (κ1) is 12.5. The van der Waals surface area contributed by atoms with Gasteiger partial charge in [0.05, 0.1) is 13.2 Å². The second-order valence-corrected chi connectivity index (χ2v) is 4.36. The number of rotatable bonds is 2. The molecule has 3 heterocycles. The molecule has 0 amide bonds. The lowest BCUT2D eigenvalue weighted by Crippen LogP contribution is -2.36. The zero-order valence-corrected chi connectivity index (χ0v) is 10.9. The van der Waals surface area contributed by atoms with Crippen LogP contribution in [0.25, 0.3) is 11.5 Å². The smallest absolute Gasteiger partial charge is 0.181 e. The summed E-state index contributed by atoms with van der Waals surface area (Å²) in [4.78, 5) is 15.1. The van der Waals surface area contributed by atoms with Crippen LogP contribution in [0.2, 0.25) is 0 Å². The first-order chi connectivity index (χ1) is 9.86. The van der Waals surface area contributed by atoms with Gasteiger partial charge < -0.3 is 9.64 Å². The number of hydrogen-bond donors (Lipinski definition) is 0. The molecule has 6 nitrogen and oxygen atoms in total. The number of pyridine rings is 1. The normalized spacial score (nSPS) is 14.8. The number of hydrogen-bond acceptors (Lipinski definition) is 6. The molecule has 2 aromatic heterocycles. The molecule has 1 saturated heterocycles. The molecule has 0 atom stereocenters. The van der Waals surface area contributed by atoms with Gasteiger partial charge in [0.1, 0.15) is 23.3 Å². The van der Waals surface area contributed by atoms with Gasteiger partial charge in [0.25, 0.3) is 0 Å². The van der Waals surface area contributed by atoms with E-state index in [-0.39, 0.29) is 0 Å². The third kappa shape index (κ3) is 2.58. The fourth-order valence-electron chi connectivity index (χ4n) is 2.06. The van der Waals surface area contributed by atoms with Crippen LogP contribution >= 0.6 is 0 Å². The zero-order valence-electron chi connectivity index (χ0n) is 10.9. The van der Waals surface area contributed by atoms with Gasteiger partial charge in [-0.05, 0) is 12.1 Å². The van der Waals surface area contributed by atoms with Crippen molar-refractivity contribution in [2.24, 2.45) is 0 Å². The maximum Gasteiger partial charge on any atom is 0.181 e. The molecule has 0 radical (unpaired) electrons. The highest BCUT2D eigenvalue weighted by atomic mass is 16.5. The average molecular weight is 267 g/mol. The van der Waals surface area contributed by atoms with E-state index in [1.54, 1.807) is 12.3 Å². The predicted molar refractivity (Wildman–Crippen MR) is 73.0 cm³/mol. The third-order valence-electron chi connectivity index (χ3n) is 3.06. The van der Waals surface area contributed by atoms with Crippen molar-refractivity contribution < 1.29 is 4.74 Å². The summed E-state index contributed by atoms with van der Waals surface area (Å²) in [7, 11) is 0. The second-order valence-electron chi connectivity index (χ2n) is 4.36. The number of anilines is 1. The Morgan fingerprint density at radius 3 is 2.75 bits per heavy atom. The molecular formula is C14H13N5O. The second kappa shape index (κ2) is 5.63. The first-order valence-electron chi connectivity index (χ1n) is 6.40. The van der Waals surface area contributed by atoms with Gasteiger partial charge in [-0.15, -0.1) is 0 Å². The van der Waals surface area contributed by atoms with Crippen LogP contribution in [0.5, 0.6) is 0 Å². The fraction of sp³-hybridized carbons (Fsp3) is 0.286. The van der Waals surface area contributed by atoms with Gasteiger partial charge in [-0.3, -0.25) is 4.98 Å². The number of aromatic nitrogens is 3. The molecule has 0 aliphatic carbocycles. The van der Waals surface area contributed by atoms with E-state index in [2.05, 4.69) is 25.9 Å². The monoisotopic (exact) mass is 267 g/mol. The maximum absolute atomic E-state index is 9.13. The van der Waals surface area contributed by atoms with E-state index in [1.165, 1.54) is 0 Å². The summed E-state index contributed by atoms with van der Waals surface area (Å²) < 4.78 is 5.33. The van der Waals surface area contributed by atoms with Crippen LogP contribution in [0, 0.1) is 11.3 Å². The summed E-state index contributed by atoms with van der Waals surface area (Å²) in [6, 6.07) is 9.33. The van der Waals surface area contributed by atoms with Crippen LogP contribution in [0.15, 0.2) is 30.5 Å². The molecule has 0 unspecified atom stereocenters. The summed E-state index contributed by atoms with van der Waals surface area (Å²) in [5.41, 5.74) is 1.02. The van der Waals surface area contributed by atoms with Crippen LogP contribution in [0.4, 0.5) is 5.82 Å². The van der Waals surface area contributed by atoms with Crippen molar-refractivity contribution in [2.75, 3.05) is 31.2 Å². The highest BCUT2D eigenvalue weighted by Gasteiger charge is 2.15. The van der Waals surface area contributed by atoms with Gasteiger partial charge in [-0.1, -0.05) is 6.07 Å². The maximum atomic E-state index is 9.13. The summed E-state index contributed by atoms with van der Waals surface area (Å²) in [6.07, 6.45) is 1.69. The Morgan fingerprint density at radius 2 is 2.05 bits per heavy atom. The van der Waals surface area contributed by atoms with Crippen LogP contribution in [-0.2, 0) is 4.74 Å². The largest absolute Gasteiger partial charge is 0.378 e. The molecule has 0 aromatic carbocycles. The van der Waals surface area contributed by atoms with Crippen molar-refractivity contribution in [2.45, 2.75) is 0 Å². The van der Waals surface area contributed by atoms with Gasteiger partial charge in [0, 0.05) is 25.4 Å². The molecule has 3 rings (SSSR count). The van der Waals surface area contributed by atoms with E-state index in [9.17, 15) is 0 Å². The summed E-state index contributed by atoms with van der Waals surface area (Å²) in [5.74, 6) is 1.23. The summed E-state index contributed by atoms with van der Waals surface area (Å²) in [5, 5.41) is 9.13. The molecule has 1 aliphatic heterocycles. The lowest BCUT2D eigenvalue weighted by atomic mass is 10.3. The summed E-state index contributed by atoms with van der Waals surface area (Å²) >= 11 is 0. The molecule has 20 heavy (non-hydrogen) atoms. The van der Waals surface area contributed by atoms with Gasteiger partial charge in [0.15, 0.2) is 5.82 Å². The Balaban J connectivity index is 2.01. The SMILES string of the molecule is N#Cc1cc(N2CCOCC2)nc(-c2ccccn2)n1. The average Bonchev–Trinajstić information content (AvgIpc) is 2.56. The molecule has 0 N–H and O–H groups in total. The minimum Gasteiger partial charge on any atom is -0.378 e. The van der Waals surface area contributed by atoms with Crippen LogP contribution in [0.3, 0.4) is 0 Å². The van der Waals surface area contributed by atoms with Crippen molar-refractivity contribution in [3.05, 3.63) is 36.2 Å².